The van der Waals surface area contributed by atoms with E-state index in [4.69, 9.17) is 10.5 Å². The first-order chi connectivity index (χ1) is 6.78. The molecular formula is C12H21NO. The van der Waals surface area contributed by atoms with E-state index in [2.05, 4.69) is 13.8 Å². The molecule has 2 nitrogen and oxygen atoms in total. The van der Waals surface area contributed by atoms with Crippen molar-refractivity contribution in [2.24, 2.45) is 5.73 Å². The van der Waals surface area contributed by atoms with E-state index in [1.807, 2.05) is 24.3 Å². The van der Waals surface area contributed by atoms with Crippen molar-refractivity contribution in [1.29, 1.82) is 0 Å². The van der Waals surface area contributed by atoms with E-state index in [0.717, 1.165) is 5.56 Å². The minimum atomic E-state index is 0.604. The zero-order valence-electron chi connectivity index (χ0n) is 9.42. The van der Waals surface area contributed by atoms with Crippen molar-refractivity contribution in [1.82, 2.24) is 0 Å². The molecule has 0 saturated heterocycles. The van der Waals surface area contributed by atoms with Gasteiger partial charge in [0.25, 0.3) is 0 Å². The van der Waals surface area contributed by atoms with E-state index in [0.29, 0.717) is 13.2 Å². The van der Waals surface area contributed by atoms with Gasteiger partial charge in [-0.3, -0.25) is 0 Å². The predicted octanol–water partition coefficient (Wildman–Crippen LogP) is 2.71. The Morgan fingerprint density at radius 1 is 1.07 bits per heavy atom. The molecule has 0 aliphatic carbocycles. The van der Waals surface area contributed by atoms with Gasteiger partial charge >= 0.3 is 0 Å². The molecular weight excluding hydrogens is 174 g/mol. The number of ether oxygens (including phenoxy) is 1. The average molecular weight is 195 g/mol. The molecule has 2 heteroatoms. The summed E-state index contributed by atoms with van der Waals surface area (Å²) in [5.41, 5.74) is 7.78. The van der Waals surface area contributed by atoms with Crippen LogP contribution in [0.4, 0.5) is 0 Å². The topological polar surface area (TPSA) is 35.2 Å². The van der Waals surface area contributed by atoms with Gasteiger partial charge in [0.1, 0.15) is 0 Å². The molecule has 0 bridgehead atoms. The lowest BCUT2D eigenvalue weighted by atomic mass is 10.1. The molecule has 1 rings (SSSR count). The first-order valence-electron chi connectivity index (χ1n) is 5.05. The number of benzene rings is 1. The van der Waals surface area contributed by atoms with Gasteiger partial charge in [0.15, 0.2) is 0 Å². The zero-order valence-corrected chi connectivity index (χ0v) is 9.42. The summed E-state index contributed by atoms with van der Waals surface area (Å²) in [5, 5.41) is 0. The summed E-state index contributed by atoms with van der Waals surface area (Å²) >= 11 is 0. The van der Waals surface area contributed by atoms with Crippen LogP contribution in [-0.4, -0.2) is 7.11 Å². The number of rotatable bonds is 3. The number of hydrogen-bond donors (Lipinski definition) is 1. The second kappa shape index (κ2) is 8.73. The standard InChI is InChI=1S/C9H13NO.C3H8/c1-11-7-9-4-2-8(6-10)3-5-9;1-3-2/h2-5H,6-7,10H2,1H3;3H2,1-2H3. The SMILES string of the molecule is CCC.COCc1ccc(CN)cc1. The molecule has 1 aromatic rings. The van der Waals surface area contributed by atoms with Gasteiger partial charge in [-0.15, -0.1) is 0 Å². The van der Waals surface area contributed by atoms with Gasteiger partial charge in [-0.05, 0) is 11.1 Å². The van der Waals surface area contributed by atoms with Crippen LogP contribution in [-0.2, 0) is 17.9 Å². The van der Waals surface area contributed by atoms with Crippen molar-refractivity contribution < 1.29 is 4.74 Å². The highest BCUT2D eigenvalue weighted by atomic mass is 16.5. The first kappa shape index (κ1) is 13.1. The smallest absolute Gasteiger partial charge is 0.0713 e. The highest BCUT2D eigenvalue weighted by Gasteiger charge is 1.90. The highest BCUT2D eigenvalue weighted by Crippen LogP contribution is 2.04. The molecule has 0 heterocycles. The van der Waals surface area contributed by atoms with Crippen LogP contribution in [0, 0.1) is 0 Å². The molecule has 14 heavy (non-hydrogen) atoms. The summed E-state index contributed by atoms with van der Waals surface area (Å²) in [5.74, 6) is 0. The van der Waals surface area contributed by atoms with E-state index in [1.54, 1.807) is 7.11 Å². The molecule has 2 N–H and O–H groups in total. The fourth-order valence-corrected chi connectivity index (χ4v) is 0.938. The van der Waals surface area contributed by atoms with Gasteiger partial charge in [-0.1, -0.05) is 44.5 Å². The molecule has 80 valence electrons. The van der Waals surface area contributed by atoms with Gasteiger partial charge in [-0.2, -0.15) is 0 Å². The van der Waals surface area contributed by atoms with Gasteiger partial charge in [0.05, 0.1) is 6.61 Å². The molecule has 0 radical (unpaired) electrons. The number of nitrogens with two attached hydrogens (primary N) is 1. The van der Waals surface area contributed by atoms with Crippen LogP contribution in [0.3, 0.4) is 0 Å². The Balaban J connectivity index is 0.000000500. The lowest BCUT2D eigenvalue weighted by molar-refractivity contribution is 0.185. The quantitative estimate of drug-likeness (QED) is 0.804. The highest BCUT2D eigenvalue weighted by molar-refractivity contribution is 5.21. The molecule has 1 aromatic carbocycles. The van der Waals surface area contributed by atoms with Crippen molar-refractivity contribution in [2.75, 3.05) is 7.11 Å². The lowest BCUT2D eigenvalue weighted by Crippen LogP contribution is -1.96. The number of hydrogen-bond acceptors (Lipinski definition) is 2. The molecule has 0 amide bonds. The van der Waals surface area contributed by atoms with Crippen LogP contribution in [0.2, 0.25) is 0 Å². The Kier molecular flexibility index (Phi) is 8.19. The normalized spacial score (nSPS) is 9.14. The molecule has 0 aromatic heterocycles. The minimum absolute atomic E-state index is 0.604. The minimum Gasteiger partial charge on any atom is -0.380 e. The van der Waals surface area contributed by atoms with Crippen molar-refractivity contribution in [3.05, 3.63) is 35.4 Å². The van der Waals surface area contributed by atoms with Crippen LogP contribution >= 0.6 is 0 Å². The summed E-state index contributed by atoms with van der Waals surface area (Å²) in [6.45, 7) is 5.53. The summed E-state index contributed by atoms with van der Waals surface area (Å²) in [6.07, 6.45) is 1.25. The Bertz CT molecular complexity index is 218. The predicted molar refractivity (Wildman–Crippen MR) is 61.0 cm³/mol. The third-order valence-corrected chi connectivity index (χ3v) is 1.57. The Morgan fingerprint density at radius 2 is 1.50 bits per heavy atom. The van der Waals surface area contributed by atoms with Crippen LogP contribution < -0.4 is 5.73 Å². The average Bonchev–Trinajstić information content (AvgIpc) is 2.21. The monoisotopic (exact) mass is 195 g/mol. The Morgan fingerprint density at radius 3 is 1.86 bits per heavy atom. The zero-order chi connectivity index (χ0) is 10.8. The van der Waals surface area contributed by atoms with E-state index in [-0.39, 0.29) is 0 Å². The maximum atomic E-state index is 5.44. The van der Waals surface area contributed by atoms with Gasteiger partial charge in [0.2, 0.25) is 0 Å². The maximum absolute atomic E-state index is 5.44. The molecule has 0 spiro atoms. The number of methoxy groups -OCH3 is 1. The van der Waals surface area contributed by atoms with Crippen molar-refractivity contribution >= 4 is 0 Å². The summed E-state index contributed by atoms with van der Waals surface area (Å²) in [4.78, 5) is 0. The van der Waals surface area contributed by atoms with Crippen LogP contribution in [0.5, 0.6) is 0 Å². The maximum Gasteiger partial charge on any atom is 0.0713 e. The summed E-state index contributed by atoms with van der Waals surface area (Å²) in [6, 6.07) is 8.11. The van der Waals surface area contributed by atoms with Gasteiger partial charge in [0, 0.05) is 13.7 Å². The van der Waals surface area contributed by atoms with Crippen LogP contribution in [0.25, 0.3) is 0 Å². The third kappa shape index (κ3) is 5.73. The van der Waals surface area contributed by atoms with E-state index < -0.39 is 0 Å². The molecule has 0 atom stereocenters. The second-order valence-electron chi connectivity index (χ2n) is 3.16. The molecule has 0 aliphatic rings. The fourth-order valence-electron chi connectivity index (χ4n) is 0.938. The molecule has 0 aliphatic heterocycles. The summed E-state index contributed by atoms with van der Waals surface area (Å²) in [7, 11) is 1.69. The van der Waals surface area contributed by atoms with Crippen molar-refractivity contribution in [2.45, 2.75) is 33.4 Å². The van der Waals surface area contributed by atoms with E-state index in [9.17, 15) is 0 Å². The van der Waals surface area contributed by atoms with E-state index >= 15 is 0 Å². The van der Waals surface area contributed by atoms with Gasteiger partial charge in [-0.25, -0.2) is 0 Å². The Hall–Kier alpha value is -0.860. The van der Waals surface area contributed by atoms with Gasteiger partial charge < -0.3 is 10.5 Å². The van der Waals surface area contributed by atoms with E-state index in [1.165, 1.54) is 12.0 Å². The van der Waals surface area contributed by atoms with Crippen LogP contribution in [0.1, 0.15) is 31.4 Å². The van der Waals surface area contributed by atoms with Crippen LogP contribution in [0.15, 0.2) is 24.3 Å². The molecule has 0 unspecified atom stereocenters. The largest absolute Gasteiger partial charge is 0.380 e. The van der Waals surface area contributed by atoms with Crippen molar-refractivity contribution in [3.63, 3.8) is 0 Å². The summed E-state index contributed by atoms with van der Waals surface area (Å²) < 4.78 is 4.97. The third-order valence-electron chi connectivity index (χ3n) is 1.57. The Labute approximate surface area is 87.1 Å². The lowest BCUT2D eigenvalue weighted by Gasteiger charge is -2.00. The van der Waals surface area contributed by atoms with Crippen molar-refractivity contribution in [3.8, 4) is 0 Å². The second-order valence-corrected chi connectivity index (χ2v) is 3.16. The fraction of sp³-hybridized carbons (Fsp3) is 0.500. The molecule has 0 fully saturated rings. The molecule has 0 saturated carbocycles. The first-order valence-corrected chi connectivity index (χ1v) is 5.05.